The molecule has 0 fully saturated rings. The van der Waals surface area contributed by atoms with Gasteiger partial charge in [-0.2, -0.15) is 10.1 Å². The van der Waals surface area contributed by atoms with E-state index < -0.39 is 0 Å². The van der Waals surface area contributed by atoms with Crippen LogP contribution in [0.2, 0.25) is 0 Å². The first-order valence-corrected chi connectivity index (χ1v) is 8.91. The van der Waals surface area contributed by atoms with E-state index in [0.29, 0.717) is 5.95 Å². The number of hydrogen-bond acceptors (Lipinski definition) is 4. The van der Waals surface area contributed by atoms with Crippen LogP contribution in [0.1, 0.15) is 24.1 Å². The summed E-state index contributed by atoms with van der Waals surface area (Å²) in [6.45, 7) is 1.50. The van der Waals surface area contributed by atoms with Gasteiger partial charge >= 0.3 is 0 Å². The Bertz CT molecular complexity index is 1010. The van der Waals surface area contributed by atoms with Gasteiger partial charge in [0.15, 0.2) is 0 Å². The molecule has 2 heterocycles. The number of fused-ring (bicyclic) bond motifs is 1. The fourth-order valence-electron chi connectivity index (χ4n) is 3.00. The Balaban J connectivity index is 1.76. The molecule has 4 rings (SSSR count). The van der Waals surface area contributed by atoms with Gasteiger partial charge in [-0.15, -0.1) is 0 Å². The minimum Gasteiger partial charge on any atom is -0.326 e. The highest BCUT2D eigenvalue weighted by molar-refractivity contribution is 9.10. The molecule has 7 heteroatoms. The molecular weight excluding hydrogens is 394 g/mol. The number of carbonyl (C=O) groups excluding carboxylic acids is 1. The van der Waals surface area contributed by atoms with Crippen molar-refractivity contribution >= 4 is 39.2 Å². The van der Waals surface area contributed by atoms with E-state index in [1.54, 1.807) is 0 Å². The first-order chi connectivity index (χ1) is 12.6. The SMILES string of the molecule is CC(=O)Nc1cccc(C2=CC(c3cccc(Br)c3)n3ncnc3N2)c1. The zero-order chi connectivity index (χ0) is 18.1. The number of halogens is 1. The Morgan fingerprint density at radius 1 is 1.23 bits per heavy atom. The van der Waals surface area contributed by atoms with Crippen LogP contribution in [0.15, 0.2) is 65.4 Å². The van der Waals surface area contributed by atoms with Crippen LogP contribution in [0.5, 0.6) is 0 Å². The Kier molecular flexibility index (Phi) is 4.30. The van der Waals surface area contributed by atoms with E-state index in [0.717, 1.165) is 27.0 Å². The van der Waals surface area contributed by atoms with Gasteiger partial charge in [0.25, 0.3) is 0 Å². The molecule has 0 saturated carbocycles. The fraction of sp³-hybridized carbons (Fsp3) is 0.105. The van der Waals surface area contributed by atoms with Gasteiger partial charge in [0.1, 0.15) is 12.4 Å². The number of aromatic nitrogens is 3. The van der Waals surface area contributed by atoms with Crippen LogP contribution in [-0.2, 0) is 4.79 Å². The van der Waals surface area contributed by atoms with Crippen LogP contribution in [-0.4, -0.2) is 20.7 Å². The second kappa shape index (κ2) is 6.76. The number of nitrogens with one attached hydrogen (secondary N) is 2. The molecule has 6 nitrogen and oxygen atoms in total. The highest BCUT2D eigenvalue weighted by atomic mass is 79.9. The lowest BCUT2D eigenvalue weighted by atomic mass is 10.0. The summed E-state index contributed by atoms with van der Waals surface area (Å²) in [5.74, 6) is 0.580. The summed E-state index contributed by atoms with van der Waals surface area (Å²) in [6, 6.07) is 15.8. The standard InChI is InChI=1S/C19H16BrN5O/c1-12(26)23-16-7-3-4-13(9-16)17-10-18(14-5-2-6-15(20)8-14)25-19(24-17)21-11-22-25/h2-11,18H,1H3,(H,23,26)(H,21,22,24). The van der Waals surface area contributed by atoms with Crippen LogP contribution in [0, 0.1) is 0 Å². The number of anilines is 2. The molecule has 0 radical (unpaired) electrons. The minimum absolute atomic E-state index is 0.0781. The smallest absolute Gasteiger partial charge is 0.226 e. The molecule has 0 saturated heterocycles. The normalized spacial score (nSPS) is 15.6. The van der Waals surface area contributed by atoms with Gasteiger partial charge in [-0.05, 0) is 41.5 Å². The van der Waals surface area contributed by atoms with Crippen molar-refractivity contribution in [3.05, 3.63) is 76.5 Å². The lowest BCUT2D eigenvalue weighted by Crippen LogP contribution is -2.20. The highest BCUT2D eigenvalue weighted by Gasteiger charge is 2.23. The number of hydrogen-bond donors (Lipinski definition) is 2. The molecule has 1 atom stereocenters. The summed E-state index contributed by atoms with van der Waals surface area (Å²) in [5.41, 5.74) is 3.74. The first kappa shape index (κ1) is 16.5. The zero-order valence-corrected chi connectivity index (χ0v) is 15.6. The van der Waals surface area contributed by atoms with Gasteiger partial charge in [0.05, 0.1) is 0 Å². The molecule has 0 spiro atoms. The summed E-state index contributed by atoms with van der Waals surface area (Å²) in [5, 5.41) is 10.5. The quantitative estimate of drug-likeness (QED) is 0.684. The lowest BCUT2D eigenvalue weighted by Gasteiger charge is -2.24. The molecule has 1 aliphatic rings. The third-order valence-electron chi connectivity index (χ3n) is 4.09. The summed E-state index contributed by atoms with van der Waals surface area (Å²) in [7, 11) is 0. The summed E-state index contributed by atoms with van der Waals surface area (Å²) in [6.07, 6.45) is 3.65. The van der Waals surface area contributed by atoms with Gasteiger partial charge < -0.3 is 10.6 Å². The summed E-state index contributed by atoms with van der Waals surface area (Å²) >= 11 is 3.53. The largest absolute Gasteiger partial charge is 0.326 e. The number of allylic oxidation sites excluding steroid dienone is 1. The van der Waals surface area contributed by atoms with Gasteiger partial charge in [0.2, 0.25) is 11.9 Å². The second-order valence-electron chi connectivity index (χ2n) is 6.00. The fourth-order valence-corrected chi connectivity index (χ4v) is 3.41. The summed E-state index contributed by atoms with van der Waals surface area (Å²) < 4.78 is 2.86. The number of carbonyl (C=O) groups is 1. The molecule has 1 unspecified atom stereocenters. The van der Waals surface area contributed by atoms with Gasteiger partial charge in [-0.25, -0.2) is 4.68 Å². The van der Waals surface area contributed by atoms with E-state index in [9.17, 15) is 4.79 Å². The Morgan fingerprint density at radius 2 is 2.08 bits per heavy atom. The molecule has 0 bridgehead atoms. The average molecular weight is 410 g/mol. The molecule has 1 aromatic heterocycles. The van der Waals surface area contributed by atoms with Crippen molar-refractivity contribution < 1.29 is 4.79 Å². The molecule has 0 aliphatic carbocycles. The van der Waals surface area contributed by atoms with Crippen molar-refractivity contribution in [1.82, 2.24) is 14.8 Å². The molecule has 2 N–H and O–H groups in total. The molecule has 3 aromatic rings. The molecule has 1 amide bonds. The van der Waals surface area contributed by atoms with E-state index >= 15 is 0 Å². The van der Waals surface area contributed by atoms with Crippen LogP contribution in [0.3, 0.4) is 0 Å². The predicted octanol–water partition coefficient (Wildman–Crippen LogP) is 4.06. The van der Waals surface area contributed by atoms with Crippen LogP contribution in [0.4, 0.5) is 11.6 Å². The van der Waals surface area contributed by atoms with Crippen LogP contribution < -0.4 is 10.6 Å². The number of benzene rings is 2. The lowest BCUT2D eigenvalue weighted by molar-refractivity contribution is -0.114. The first-order valence-electron chi connectivity index (χ1n) is 8.12. The van der Waals surface area contributed by atoms with Crippen molar-refractivity contribution in [3.63, 3.8) is 0 Å². The minimum atomic E-state index is -0.0977. The Morgan fingerprint density at radius 3 is 2.88 bits per heavy atom. The molecule has 1 aliphatic heterocycles. The van der Waals surface area contributed by atoms with Gasteiger partial charge in [-0.1, -0.05) is 40.2 Å². The van der Waals surface area contributed by atoms with Crippen molar-refractivity contribution in [2.45, 2.75) is 13.0 Å². The van der Waals surface area contributed by atoms with Crippen molar-refractivity contribution in [2.24, 2.45) is 0 Å². The van der Waals surface area contributed by atoms with Gasteiger partial charge in [0, 0.05) is 22.8 Å². The summed E-state index contributed by atoms with van der Waals surface area (Å²) in [4.78, 5) is 15.7. The topological polar surface area (TPSA) is 71.8 Å². The maximum Gasteiger partial charge on any atom is 0.226 e. The third kappa shape index (κ3) is 3.25. The molecule has 2 aromatic carbocycles. The van der Waals surface area contributed by atoms with E-state index in [1.807, 2.05) is 41.1 Å². The van der Waals surface area contributed by atoms with E-state index in [4.69, 9.17) is 0 Å². The molecule has 26 heavy (non-hydrogen) atoms. The maximum atomic E-state index is 11.3. The highest BCUT2D eigenvalue weighted by Crippen LogP contribution is 2.33. The second-order valence-corrected chi connectivity index (χ2v) is 6.91. The van der Waals surface area contributed by atoms with E-state index in [-0.39, 0.29) is 11.9 Å². The van der Waals surface area contributed by atoms with Gasteiger partial charge in [-0.3, -0.25) is 4.79 Å². The number of amides is 1. The average Bonchev–Trinajstić information content (AvgIpc) is 3.09. The van der Waals surface area contributed by atoms with Crippen molar-refractivity contribution in [2.75, 3.05) is 10.6 Å². The Labute approximate surface area is 159 Å². The Hall–Kier alpha value is -2.93. The monoisotopic (exact) mass is 409 g/mol. The third-order valence-corrected chi connectivity index (χ3v) is 4.58. The zero-order valence-electron chi connectivity index (χ0n) is 14.0. The predicted molar refractivity (Wildman–Crippen MR) is 105 cm³/mol. The van der Waals surface area contributed by atoms with Crippen molar-refractivity contribution in [1.29, 1.82) is 0 Å². The van der Waals surface area contributed by atoms with Crippen LogP contribution in [0.25, 0.3) is 5.70 Å². The van der Waals surface area contributed by atoms with Crippen LogP contribution >= 0.6 is 15.9 Å². The molecule has 130 valence electrons. The number of rotatable bonds is 3. The van der Waals surface area contributed by atoms with E-state index in [2.05, 4.69) is 54.9 Å². The maximum absolute atomic E-state index is 11.3. The molecular formula is C19H16BrN5O. The number of nitrogens with zero attached hydrogens (tertiary/aromatic N) is 3. The van der Waals surface area contributed by atoms with E-state index in [1.165, 1.54) is 13.3 Å². The van der Waals surface area contributed by atoms with Crippen molar-refractivity contribution in [3.8, 4) is 0 Å².